The van der Waals surface area contributed by atoms with Gasteiger partial charge in [0.25, 0.3) is 0 Å². The first kappa shape index (κ1) is 24.0. The molecule has 0 aliphatic heterocycles. The Morgan fingerprint density at radius 3 is 2.24 bits per heavy atom. The molecule has 1 aromatic heterocycles. The largest absolute Gasteiger partial charge is 0.425 e. The molecule has 1 heterocycles. The van der Waals surface area contributed by atoms with E-state index in [1.54, 1.807) is 4.68 Å². The van der Waals surface area contributed by atoms with Crippen LogP contribution >= 0.6 is 0 Å². The monoisotopic (exact) mass is 505 g/mol. The number of hydrogen-bond acceptors (Lipinski definition) is 5. The molecule has 1 amide bonds. The molecule has 1 unspecified atom stereocenters. The van der Waals surface area contributed by atoms with Crippen LogP contribution < -0.4 is 5.73 Å². The Labute approximate surface area is 207 Å². The van der Waals surface area contributed by atoms with Gasteiger partial charge in [0.15, 0.2) is 0 Å². The van der Waals surface area contributed by atoms with Gasteiger partial charge in [-0.2, -0.15) is 18.3 Å². The number of para-hydroxylation sites is 1. The van der Waals surface area contributed by atoms with Gasteiger partial charge in [0.2, 0.25) is 5.60 Å². The molecular formula is C27H18F3N3O4. The summed E-state index contributed by atoms with van der Waals surface area (Å²) < 4.78 is 50.0. The van der Waals surface area contributed by atoms with Gasteiger partial charge in [0.05, 0.1) is 23.0 Å². The summed E-state index contributed by atoms with van der Waals surface area (Å²) in [4.78, 5) is 23.4. The molecular weight excluding hydrogens is 487 g/mol. The number of esters is 1. The van der Waals surface area contributed by atoms with Crippen molar-refractivity contribution in [1.29, 1.82) is 0 Å². The Bertz CT molecular complexity index is 1660. The number of aromatic nitrogens is 2. The number of aliphatic hydroxyl groups is 1. The van der Waals surface area contributed by atoms with Gasteiger partial charge in [-0.15, -0.1) is 0 Å². The quantitative estimate of drug-likeness (QED) is 0.258. The number of ether oxygens (including phenoxy) is 1. The molecule has 4 aromatic carbocycles. The number of amides is 1. The van der Waals surface area contributed by atoms with Crippen LogP contribution in [-0.2, 0) is 10.3 Å². The molecule has 186 valence electrons. The molecule has 1 atom stereocenters. The summed E-state index contributed by atoms with van der Waals surface area (Å²) in [6.45, 7) is 0. The molecule has 0 saturated carbocycles. The molecule has 0 aliphatic carbocycles. The van der Waals surface area contributed by atoms with Gasteiger partial charge < -0.3 is 15.6 Å². The van der Waals surface area contributed by atoms with E-state index in [0.29, 0.717) is 10.9 Å². The van der Waals surface area contributed by atoms with Crippen molar-refractivity contribution in [1.82, 2.24) is 9.78 Å². The van der Waals surface area contributed by atoms with Gasteiger partial charge in [-0.05, 0) is 46.7 Å². The van der Waals surface area contributed by atoms with Gasteiger partial charge >= 0.3 is 18.2 Å². The summed E-state index contributed by atoms with van der Waals surface area (Å²) in [5.74, 6) is -1.12. The van der Waals surface area contributed by atoms with Crippen LogP contribution in [-0.4, -0.2) is 33.1 Å². The highest BCUT2D eigenvalue weighted by Gasteiger charge is 2.57. The molecule has 0 saturated heterocycles. The predicted molar refractivity (Wildman–Crippen MR) is 129 cm³/mol. The van der Waals surface area contributed by atoms with Crippen molar-refractivity contribution in [3.63, 3.8) is 0 Å². The number of hydrogen-bond donors (Lipinski definition) is 2. The molecule has 37 heavy (non-hydrogen) atoms. The summed E-state index contributed by atoms with van der Waals surface area (Å²) in [6.07, 6.45) is -5.08. The Morgan fingerprint density at radius 1 is 0.892 bits per heavy atom. The first-order chi connectivity index (χ1) is 17.6. The summed E-state index contributed by atoms with van der Waals surface area (Å²) in [5, 5.41) is 16.1. The average Bonchev–Trinajstić information content (AvgIpc) is 3.30. The zero-order valence-corrected chi connectivity index (χ0v) is 18.9. The molecule has 0 radical (unpaired) electrons. The standard InChI is InChI=1S/C27H18F3N3O4/c28-27(29,30)26(36,17-10-13-23-16(14-17)15-32-33(23)18-6-2-1-3-7-18)22-12-11-21(24(34)37-25(31)35)19-8-4-5-9-20(19)22/h1-15,36H,(H2,31,35). The number of halogens is 3. The fourth-order valence-electron chi connectivity index (χ4n) is 4.44. The molecule has 0 bridgehead atoms. The van der Waals surface area contributed by atoms with Gasteiger partial charge in [-0.25, -0.2) is 14.3 Å². The first-order valence-corrected chi connectivity index (χ1v) is 11.0. The van der Waals surface area contributed by atoms with E-state index in [-0.39, 0.29) is 16.3 Å². The molecule has 5 aromatic rings. The topological polar surface area (TPSA) is 107 Å². The number of carbonyl (C=O) groups is 2. The highest BCUT2D eigenvalue weighted by atomic mass is 19.4. The summed E-state index contributed by atoms with van der Waals surface area (Å²) in [5.41, 5.74) is 1.63. The van der Waals surface area contributed by atoms with E-state index in [2.05, 4.69) is 9.84 Å². The molecule has 3 N–H and O–H groups in total. The summed E-state index contributed by atoms with van der Waals surface area (Å²) >= 11 is 0. The number of nitrogens with two attached hydrogens (primary N) is 1. The Hall–Kier alpha value is -4.70. The SMILES string of the molecule is NC(=O)OC(=O)c1ccc(C(O)(c2ccc3c(cnn3-c3ccccc3)c2)C(F)(F)F)c2ccccc12. The second-order valence-electron chi connectivity index (χ2n) is 8.29. The number of alkyl halides is 3. The van der Waals surface area contributed by atoms with Crippen LogP contribution in [0.25, 0.3) is 27.4 Å². The van der Waals surface area contributed by atoms with Crippen molar-refractivity contribution in [2.24, 2.45) is 5.73 Å². The third-order valence-corrected chi connectivity index (χ3v) is 6.12. The number of nitrogens with zero attached hydrogens (tertiary/aromatic N) is 2. The third kappa shape index (κ3) is 3.97. The Morgan fingerprint density at radius 2 is 1.57 bits per heavy atom. The normalized spacial score (nSPS) is 13.4. The van der Waals surface area contributed by atoms with E-state index in [1.165, 1.54) is 48.7 Å². The number of fused-ring (bicyclic) bond motifs is 2. The second-order valence-corrected chi connectivity index (χ2v) is 8.29. The van der Waals surface area contributed by atoms with E-state index in [1.807, 2.05) is 30.3 Å². The maximum atomic E-state index is 14.7. The minimum absolute atomic E-state index is 0.0481. The fraction of sp³-hybridized carbons (Fsp3) is 0.0741. The highest BCUT2D eigenvalue weighted by Crippen LogP contribution is 2.47. The van der Waals surface area contributed by atoms with Crippen LogP contribution in [0.15, 0.2) is 91.1 Å². The zero-order chi connectivity index (χ0) is 26.4. The fourth-order valence-corrected chi connectivity index (χ4v) is 4.44. The molecule has 0 fully saturated rings. The Balaban J connectivity index is 1.71. The van der Waals surface area contributed by atoms with Gasteiger partial charge in [0.1, 0.15) is 0 Å². The lowest BCUT2D eigenvalue weighted by atomic mass is 9.81. The smallest absolute Gasteiger partial charge is 0.373 e. The molecule has 7 nitrogen and oxygen atoms in total. The van der Waals surface area contributed by atoms with Gasteiger partial charge in [-0.1, -0.05) is 54.6 Å². The maximum Gasteiger partial charge on any atom is 0.425 e. The Kier molecular flexibility index (Phi) is 5.68. The van der Waals surface area contributed by atoms with Crippen molar-refractivity contribution in [3.05, 3.63) is 108 Å². The van der Waals surface area contributed by atoms with Gasteiger partial charge in [0, 0.05) is 10.9 Å². The van der Waals surface area contributed by atoms with E-state index in [9.17, 15) is 27.9 Å². The molecule has 0 aliphatic rings. The van der Waals surface area contributed by atoms with Crippen molar-refractivity contribution in [2.45, 2.75) is 11.8 Å². The highest BCUT2D eigenvalue weighted by molar-refractivity contribution is 6.08. The van der Waals surface area contributed by atoms with Crippen molar-refractivity contribution >= 4 is 33.7 Å². The lowest BCUT2D eigenvalue weighted by Gasteiger charge is -2.33. The van der Waals surface area contributed by atoms with E-state index in [0.717, 1.165) is 17.8 Å². The maximum absolute atomic E-state index is 14.7. The molecule has 5 rings (SSSR count). The number of carbonyl (C=O) groups excluding carboxylic acids is 2. The predicted octanol–water partition coefficient (Wildman–Crippen LogP) is 5.21. The first-order valence-electron chi connectivity index (χ1n) is 11.0. The number of primary amides is 1. The van der Waals surface area contributed by atoms with Crippen LogP contribution in [0.3, 0.4) is 0 Å². The van der Waals surface area contributed by atoms with E-state index >= 15 is 0 Å². The number of rotatable bonds is 4. The minimum Gasteiger partial charge on any atom is -0.373 e. The van der Waals surface area contributed by atoms with Crippen LogP contribution in [0.5, 0.6) is 0 Å². The van der Waals surface area contributed by atoms with Gasteiger partial charge in [-0.3, -0.25) is 0 Å². The van der Waals surface area contributed by atoms with Crippen LogP contribution in [0.2, 0.25) is 0 Å². The van der Waals surface area contributed by atoms with Crippen molar-refractivity contribution in [3.8, 4) is 5.69 Å². The van der Waals surface area contributed by atoms with Crippen LogP contribution in [0, 0.1) is 0 Å². The van der Waals surface area contributed by atoms with E-state index in [4.69, 9.17) is 5.73 Å². The molecule has 10 heteroatoms. The van der Waals surface area contributed by atoms with Crippen molar-refractivity contribution in [2.75, 3.05) is 0 Å². The number of benzene rings is 4. The third-order valence-electron chi connectivity index (χ3n) is 6.12. The van der Waals surface area contributed by atoms with Crippen LogP contribution in [0.1, 0.15) is 21.5 Å². The lowest BCUT2D eigenvalue weighted by molar-refractivity contribution is -0.247. The second kappa shape index (κ2) is 8.75. The summed E-state index contributed by atoms with van der Waals surface area (Å²) in [6, 6.07) is 20.7. The average molecular weight is 505 g/mol. The zero-order valence-electron chi connectivity index (χ0n) is 18.9. The van der Waals surface area contributed by atoms with E-state index < -0.39 is 35.0 Å². The lowest BCUT2D eigenvalue weighted by Crippen LogP contribution is -2.43. The minimum atomic E-state index is -5.14. The molecule has 0 spiro atoms. The van der Waals surface area contributed by atoms with Crippen molar-refractivity contribution < 1.29 is 32.6 Å². The summed E-state index contributed by atoms with van der Waals surface area (Å²) in [7, 11) is 0. The van der Waals surface area contributed by atoms with Crippen LogP contribution in [0.4, 0.5) is 18.0 Å².